The molecule has 1 atom stereocenters. The number of aliphatic hydroxyl groups excluding tert-OH is 1. The minimum Gasteiger partial charge on any atom is -0.396 e. The van der Waals surface area contributed by atoms with Crippen molar-refractivity contribution in [3.63, 3.8) is 0 Å². The molecule has 1 aromatic carbocycles. The molecule has 0 bridgehead atoms. The van der Waals surface area contributed by atoms with Crippen LogP contribution in [0.5, 0.6) is 0 Å². The van der Waals surface area contributed by atoms with Crippen LogP contribution < -0.4 is 0 Å². The van der Waals surface area contributed by atoms with Crippen LogP contribution >= 0.6 is 0 Å². The van der Waals surface area contributed by atoms with E-state index in [1.54, 1.807) is 0 Å². The minimum absolute atomic E-state index is 0.197. The highest BCUT2D eigenvalue weighted by Crippen LogP contribution is 2.49. The average Bonchev–Trinajstić information content (AvgIpc) is 3.29. The van der Waals surface area contributed by atoms with E-state index in [-0.39, 0.29) is 23.8 Å². The zero-order valence-electron chi connectivity index (χ0n) is 11.2. The fourth-order valence-corrected chi connectivity index (χ4v) is 3.21. The number of rotatable bonds is 3. The summed E-state index contributed by atoms with van der Waals surface area (Å²) in [5, 5.41) is 9.29. The monoisotopic (exact) mass is 259 g/mol. The highest BCUT2D eigenvalue weighted by Gasteiger charge is 2.53. The molecule has 3 heteroatoms. The zero-order chi connectivity index (χ0) is 13.3. The molecule has 1 saturated heterocycles. The lowest BCUT2D eigenvalue weighted by atomic mass is 9.91. The van der Waals surface area contributed by atoms with Crippen molar-refractivity contribution in [2.24, 2.45) is 5.92 Å². The van der Waals surface area contributed by atoms with Gasteiger partial charge in [0.05, 0.1) is 5.41 Å². The molecule has 1 aromatic rings. The summed E-state index contributed by atoms with van der Waals surface area (Å²) in [6.45, 7) is 1.77. The summed E-state index contributed by atoms with van der Waals surface area (Å²) >= 11 is 0. The van der Waals surface area contributed by atoms with Gasteiger partial charge in [-0.1, -0.05) is 30.3 Å². The second-order valence-electron chi connectivity index (χ2n) is 5.89. The van der Waals surface area contributed by atoms with Crippen molar-refractivity contribution in [2.75, 3.05) is 19.7 Å². The van der Waals surface area contributed by atoms with Gasteiger partial charge in [-0.25, -0.2) is 0 Å². The number of hydrogen-bond donors (Lipinski definition) is 1. The predicted molar refractivity (Wildman–Crippen MR) is 73.7 cm³/mol. The van der Waals surface area contributed by atoms with Crippen LogP contribution in [0.2, 0.25) is 0 Å². The number of benzene rings is 1. The number of hydrogen-bond acceptors (Lipinski definition) is 2. The van der Waals surface area contributed by atoms with Crippen LogP contribution in [0.25, 0.3) is 0 Å². The van der Waals surface area contributed by atoms with E-state index in [0.29, 0.717) is 0 Å². The number of aliphatic hydroxyl groups is 1. The highest BCUT2D eigenvalue weighted by atomic mass is 16.3. The number of nitrogens with zero attached hydrogens (tertiary/aromatic N) is 1. The Morgan fingerprint density at radius 1 is 1.32 bits per heavy atom. The molecular formula is C16H21NO2. The van der Waals surface area contributed by atoms with Crippen LogP contribution in [0.4, 0.5) is 0 Å². The lowest BCUT2D eigenvalue weighted by Crippen LogP contribution is -2.45. The quantitative estimate of drug-likeness (QED) is 0.901. The molecule has 3 rings (SSSR count). The molecule has 0 unspecified atom stereocenters. The maximum absolute atomic E-state index is 12.8. The number of amides is 1. The Kier molecular flexibility index (Phi) is 3.31. The molecule has 1 N–H and O–H groups in total. The van der Waals surface area contributed by atoms with Crippen molar-refractivity contribution in [3.05, 3.63) is 35.9 Å². The van der Waals surface area contributed by atoms with Crippen molar-refractivity contribution in [1.82, 2.24) is 4.90 Å². The smallest absolute Gasteiger partial charge is 0.233 e. The van der Waals surface area contributed by atoms with Crippen LogP contribution in [0.15, 0.2) is 30.3 Å². The number of piperidine rings is 1. The second-order valence-corrected chi connectivity index (χ2v) is 5.89. The van der Waals surface area contributed by atoms with Gasteiger partial charge in [0.1, 0.15) is 0 Å². The Bertz CT molecular complexity index is 453. The highest BCUT2D eigenvalue weighted by molar-refractivity contribution is 5.91. The van der Waals surface area contributed by atoms with E-state index >= 15 is 0 Å². The van der Waals surface area contributed by atoms with Gasteiger partial charge in [0.2, 0.25) is 5.91 Å². The first kappa shape index (κ1) is 12.7. The summed E-state index contributed by atoms with van der Waals surface area (Å²) in [5.74, 6) is 0.543. The molecule has 3 nitrogen and oxygen atoms in total. The summed E-state index contributed by atoms with van der Waals surface area (Å²) in [4.78, 5) is 14.8. The third-order valence-corrected chi connectivity index (χ3v) is 4.55. The summed E-state index contributed by atoms with van der Waals surface area (Å²) in [6.07, 6.45) is 3.99. The lowest BCUT2D eigenvalue weighted by Gasteiger charge is -2.34. The molecule has 2 fully saturated rings. The Balaban J connectivity index is 1.77. The van der Waals surface area contributed by atoms with Crippen LogP contribution in [0.3, 0.4) is 0 Å². The van der Waals surface area contributed by atoms with Gasteiger partial charge in [-0.3, -0.25) is 4.79 Å². The van der Waals surface area contributed by atoms with E-state index in [2.05, 4.69) is 12.1 Å². The summed E-state index contributed by atoms with van der Waals surface area (Å²) in [7, 11) is 0. The van der Waals surface area contributed by atoms with Gasteiger partial charge in [-0.15, -0.1) is 0 Å². The Morgan fingerprint density at radius 2 is 2.05 bits per heavy atom. The molecule has 102 valence electrons. The van der Waals surface area contributed by atoms with Crippen molar-refractivity contribution in [1.29, 1.82) is 0 Å². The number of carbonyl (C=O) groups is 1. The molecule has 0 aromatic heterocycles. The zero-order valence-corrected chi connectivity index (χ0v) is 11.2. The summed E-state index contributed by atoms with van der Waals surface area (Å²) < 4.78 is 0. The Hall–Kier alpha value is -1.35. The van der Waals surface area contributed by atoms with Crippen LogP contribution in [0, 0.1) is 5.92 Å². The van der Waals surface area contributed by atoms with Crippen LogP contribution in [-0.4, -0.2) is 35.6 Å². The van der Waals surface area contributed by atoms with Gasteiger partial charge in [-0.05, 0) is 37.2 Å². The molecule has 1 heterocycles. The molecule has 1 aliphatic carbocycles. The fraction of sp³-hybridized carbons (Fsp3) is 0.562. The van der Waals surface area contributed by atoms with E-state index < -0.39 is 0 Å². The summed E-state index contributed by atoms with van der Waals surface area (Å²) in [6, 6.07) is 10.1. The average molecular weight is 259 g/mol. The van der Waals surface area contributed by atoms with Crippen molar-refractivity contribution in [2.45, 2.75) is 31.1 Å². The minimum atomic E-state index is -0.251. The largest absolute Gasteiger partial charge is 0.396 e. The third kappa shape index (κ3) is 2.27. The van der Waals surface area contributed by atoms with Crippen LogP contribution in [0.1, 0.15) is 31.2 Å². The molecule has 1 amide bonds. The maximum Gasteiger partial charge on any atom is 0.233 e. The fourth-order valence-electron chi connectivity index (χ4n) is 3.21. The first-order valence-corrected chi connectivity index (χ1v) is 7.22. The van der Waals surface area contributed by atoms with Gasteiger partial charge < -0.3 is 10.0 Å². The van der Waals surface area contributed by atoms with Crippen LogP contribution in [-0.2, 0) is 10.2 Å². The van der Waals surface area contributed by atoms with E-state index in [0.717, 1.165) is 44.3 Å². The van der Waals surface area contributed by atoms with Gasteiger partial charge in [0, 0.05) is 19.7 Å². The van der Waals surface area contributed by atoms with Gasteiger partial charge in [-0.2, -0.15) is 0 Å². The first-order valence-electron chi connectivity index (χ1n) is 7.22. The van der Waals surface area contributed by atoms with E-state index in [4.69, 9.17) is 0 Å². The Morgan fingerprint density at radius 3 is 2.68 bits per heavy atom. The standard InChI is InChI=1S/C16H21NO2/c18-12-13-5-4-10-17(11-13)15(19)16(8-9-16)14-6-2-1-3-7-14/h1-3,6-7,13,18H,4-5,8-12H2/t13-/m1/s1. The topological polar surface area (TPSA) is 40.5 Å². The first-order chi connectivity index (χ1) is 9.26. The van der Waals surface area contributed by atoms with E-state index in [1.807, 2.05) is 23.1 Å². The van der Waals surface area contributed by atoms with Crippen molar-refractivity contribution >= 4 is 5.91 Å². The Labute approximate surface area is 114 Å². The normalized spacial score (nSPS) is 25.1. The van der Waals surface area contributed by atoms with E-state index in [1.165, 1.54) is 0 Å². The number of carbonyl (C=O) groups excluding carboxylic acids is 1. The van der Waals surface area contributed by atoms with E-state index in [9.17, 15) is 9.90 Å². The molecular weight excluding hydrogens is 238 g/mol. The SMILES string of the molecule is O=C(N1CCC[C@@H](CO)C1)C1(c2ccccc2)CC1. The molecule has 1 saturated carbocycles. The van der Waals surface area contributed by atoms with Gasteiger partial charge in [0.25, 0.3) is 0 Å². The maximum atomic E-state index is 12.8. The molecule has 19 heavy (non-hydrogen) atoms. The summed E-state index contributed by atoms with van der Waals surface area (Å²) in [5.41, 5.74) is 0.907. The third-order valence-electron chi connectivity index (χ3n) is 4.55. The predicted octanol–water partition coefficient (Wildman–Crippen LogP) is 1.95. The lowest BCUT2D eigenvalue weighted by molar-refractivity contribution is -0.136. The van der Waals surface area contributed by atoms with Gasteiger partial charge >= 0.3 is 0 Å². The van der Waals surface area contributed by atoms with Crippen molar-refractivity contribution in [3.8, 4) is 0 Å². The number of likely N-dealkylation sites (tertiary alicyclic amines) is 1. The molecule has 0 radical (unpaired) electrons. The molecule has 2 aliphatic rings. The molecule has 0 spiro atoms. The molecule has 1 aliphatic heterocycles. The van der Waals surface area contributed by atoms with Crippen molar-refractivity contribution < 1.29 is 9.90 Å². The van der Waals surface area contributed by atoms with Gasteiger partial charge in [0.15, 0.2) is 0 Å². The second kappa shape index (κ2) is 4.97.